The molecule has 2 fully saturated rings. The molecule has 3 heterocycles. The molecule has 1 aromatic heterocycles. The maximum absolute atomic E-state index is 12.5. The van der Waals surface area contributed by atoms with E-state index in [9.17, 15) is 4.79 Å². The molecule has 23 heavy (non-hydrogen) atoms. The lowest BCUT2D eigenvalue weighted by Gasteiger charge is -2.34. The van der Waals surface area contributed by atoms with Crippen LogP contribution in [-0.2, 0) is 21.6 Å². The van der Waals surface area contributed by atoms with Crippen LogP contribution in [0.25, 0.3) is 0 Å². The van der Waals surface area contributed by atoms with Crippen LogP contribution in [0.15, 0.2) is 6.20 Å². The van der Waals surface area contributed by atoms with E-state index < -0.39 is 0 Å². The van der Waals surface area contributed by atoms with Gasteiger partial charge in [-0.25, -0.2) is 9.97 Å². The first-order valence-electron chi connectivity index (χ1n) is 8.47. The summed E-state index contributed by atoms with van der Waals surface area (Å²) < 4.78 is 5.82. The molecule has 1 atom stereocenters. The molecule has 6 nitrogen and oxygen atoms in total. The zero-order chi connectivity index (χ0) is 16.0. The van der Waals surface area contributed by atoms with Crippen molar-refractivity contribution in [3.8, 4) is 0 Å². The van der Waals surface area contributed by atoms with Crippen molar-refractivity contribution in [2.75, 3.05) is 38.7 Å². The van der Waals surface area contributed by atoms with Gasteiger partial charge >= 0.3 is 0 Å². The summed E-state index contributed by atoms with van der Waals surface area (Å²) >= 11 is 0. The van der Waals surface area contributed by atoms with Crippen LogP contribution >= 0.6 is 0 Å². The van der Waals surface area contributed by atoms with Gasteiger partial charge in [0.05, 0.1) is 24.3 Å². The highest BCUT2D eigenvalue weighted by molar-refractivity contribution is 5.77. The van der Waals surface area contributed by atoms with Crippen molar-refractivity contribution in [3.63, 3.8) is 0 Å². The van der Waals surface area contributed by atoms with E-state index in [1.807, 2.05) is 30.1 Å². The third-order valence-electron chi connectivity index (χ3n) is 5.26. The molecule has 0 aromatic carbocycles. The van der Waals surface area contributed by atoms with E-state index >= 15 is 0 Å². The number of anilines is 1. The first kappa shape index (κ1) is 14.9. The number of likely N-dealkylation sites (tertiary alicyclic amines) is 1. The van der Waals surface area contributed by atoms with Gasteiger partial charge in [-0.15, -0.1) is 0 Å². The Morgan fingerprint density at radius 3 is 3.04 bits per heavy atom. The minimum absolute atomic E-state index is 0.152. The molecule has 1 aromatic rings. The molecule has 4 rings (SSSR count). The number of hydrogen-bond donors (Lipinski definition) is 0. The van der Waals surface area contributed by atoms with Crippen LogP contribution in [0.4, 0.5) is 5.95 Å². The van der Waals surface area contributed by atoms with Gasteiger partial charge < -0.3 is 14.5 Å². The standard InChI is InChI=1S/C17H24N4O2/c1-20(2)16-18-8-13-9-23-11-17(15(13)19-16)5-6-21(10-17)14(22)7-12-3-4-12/h8,12H,3-7,9-11H2,1-2H3. The predicted octanol–water partition coefficient (Wildman–Crippen LogP) is 1.34. The summed E-state index contributed by atoms with van der Waals surface area (Å²) in [6.07, 6.45) is 5.97. The molecule has 124 valence electrons. The zero-order valence-electron chi connectivity index (χ0n) is 13.9. The molecule has 6 heteroatoms. The third-order valence-corrected chi connectivity index (χ3v) is 5.26. The Morgan fingerprint density at radius 1 is 1.48 bits per heavy atom. The van der Waals surface area contributed by atoms with Gasteiger partial charge in [-0.2, -0.15) is 0 Å². The summed E-state index contributed by atoms with van der Waals surface area (Å²) in [6.45, 7) is 2.77. The van der Waals surface area contributed by atoms with Crippen LogP contribution in [0.1, 0.15) is 36.9 Å². The lowest BCUT2D eigenvalue weighted by molar-refractivity contribution is -0.130. The number of carbonyl (C=O) groups is 1. The number of hydrogen-bond acceptors (Lipinski definition) is 5. The fraction of sp³-hybridized carbons (Fsp3) is 0.706. The number of ether oxygens (including phenoxy) is 1. The second kappa shape index (κ2) is 5.44. The summed E-state index contributed by atoms with van der Waals surface area (Å²) in [7, 11) is 3.90. The molecule has 1 saturated carbocycles. The number of amides is 1. The van der Waals surface area contributed by atoms with Crippen LogP contribution in [0.3, 0.4) is 0 Å². The monoisotopic (exact) mass is 316 g/mol. The van der Waals surface area contributed by atoms with E-state index in [4.69, 9.17) is 9.72 Å². The maximum Gasteiger partial charge on any atom is 0.225 e. The second-order valence-electron chi connectivity index (χ2n) is 7.42. The molecule has 0 bridgehead atoms. The van der Waals surface area contributed by atoms with Gasteiger partial charge in [0.1, 0.15) is 0 Å². The number of rotatable bonds is 3. The van der Waals surface area contributed by atoms with Gasteiger partial charge in [0, 0.05) is 45.4 Å². The molecule has 2 aliphatic heterocycles. The van der Waals surface area contributed by atoms with Crippen LogP contribution in [0.2, 0.25) is 0 Å². The smallest absolute Gasteiger partial charge is 0.225 e. The van der Waals surface area contributed by atoms with E-state index in [2.05, 4.69) is 4.98 Å². The molecule has 0 N–H and O–H groups in total. The van der Waals surface area contributed by atoms with Crippen molar-refractivity contribution >= 4 is 11.9 Å². The van der Waals surface area contributed by atoms with Crippen molar-refractivity contribution in [2.45, 2.75) is 37.7 Å². The molecule has 3 aliphatic rings. The Hall–Kier alpha value is -1.69. The topological polar surface area (TPSA) is 58.6 Å². The van der Waals surface area contributed by atoms with Crippen molar-refractivity contribution < 1.29 is 9.53 Å². The highest BCUT2D eigenvalue weighted by atomic mass is 16.5. The lowest BCUT2D eigenvalue weighted by atomic mass is 9.80. The lowest BCUT2D eigenvalue weighted by Crippen LogP contribution is -2.42. The molecular weight excluding hydrogens is 292 g/mol. The molecular formula is C17H24N4O2. The van der Waals surface area contributed by atoms with Gasteiger partial charge in [-0.1, -0.05) is 0 Å². The first-order chi connectivity index (χ1) is 11.1. The highest BCUT2D eigenvalue weighted by Crippen LogP contribution is 2.40. The van der Waals surface area contributed by atoms with Crippen LogP contribution < -0.4 is 4.90 Å². The Labute approximate surface area is 136 Å². The summed E-state index contributed by atoms with van der Waals surface area (Å²) in [6, 6.07) is 0. The van der Waals surface area contributed by atoms with Gasteiger partial charge in [-0.05, 0) is 25.2 Å². The Balaban J connectivity index is 1.60. The average molecular weight is 316 g/mol. The number of nitrogens with zero attached hydrogens (tertiary/aromatic N) is 4. The Kier molecular flexibility index (Phi) is 3.52. The average Bonchev–Trinajstić information content (AvgIpc) is 3.25. The molecule has 1 aliphatic carbocycles. The molecule has 0 radical (unpaired) electrons. The third kappa shape index (κ3) is 2.69. The summed E-state index contributed by atoms with van der Waals surface area (Å²) in [5, 5.41) is 0. The van der Waals surface area contributed by atoms with Crippen LogP contribution in [-0.4, -0.2) is 54.6 Å². The number of aromatic nitrogens is 2. The number of carbonyl (C=O) groups excluding carboxylic acids is 1. The predicted molar refractivity (Wildman–Crippen MR) is 86.2 cm³/mol. The Morgan fingerprint density at radius 2 is 2.30 bits per heavy atom. The summed E-state index contributed by atoms with van der Waals surface area (Å²) in [5.41, 5.74) is 2.00. The van der Waals surface area contributed by atoms with E-state index in [0.29, 0.717) is 25.0 Å². The van der Waals surface area contributed by atoms with Crippen LogP contribution in [0, 0.1) is 5.92 Å². The molecule has 1 spiro atoms. The SMILES string of the molecule is CN(C)c1ncc2c(n1)C1(CCN(C(=O)CC3CC3)C1)COC2. The van der Waals surface area contributed by atoms with Gasteiger partial charge in [-0.3, -0.25) is 4.79 Å². The minimum atomic E-state index is -0.152. The van der Waals surface area contributed by atoms with Crippen molar-refractivity contribution in [3.05, 3.63) is 17.5 Å². The minimum Gasteiger partial charge on any atom is -0.376 e. The van der Waals surface area contributed by atoms with Crippen LogP contribution in [0.5, 0.6) is 0 Å². The quantitative estimate of drug-likeness (QED) is 0.842. The molecule has 1 unspecified atom stereocenters. The van der Waals surface area contributed by atoms with Gasteiger partial charge in [0.15, 0.2) is 0 Å². The largest absolute Gasteiger partial charge is 0.376 e. The van der Waals surface area contributed by atoms with Crippen molar-refractivity contribution in [2.24, 2.45) is 5.92 Å². The molecule has 1 saturated heterocycles. The first-order valence-corrected chi connectivity index (χ1v) is 8.47. The van der Waals surface area contributed by atoms with Gasteiger partial charge in [0.2, 0.25) is 11.9 Å². The molecule has 1 amide bonds. The zero-order valence-corrected chi connectivity index (χ0v) is 13.9. The van der Waals surface area contributed by atoms with E-state index in [1.165, 1.54) is 12.8 Å². The fourth-order valence-electron chi connectivity index (χ4n) is 3.70. The highest BCUT2D eigenvalue weighted by Gasteiger charge is 2.46. The fourth-order valence-corrected chi connectivity index (χ4v) is 3.70. The van der Waals surface area contributed by atoms with Crippen molar-refractivity contribution in [1.82, 2.24) is 14.9 Å². The van der Waals surface area contributed by atoms with Gasteiger partial charge in [0.25, 0.3) is 0 Å². The van der Waals surface area contributed by atoms with E-state index in [-0.39, 0.29) is 5.41 Å². The normalized spacial score (nSPS) is 26.4. The van der Waals surface area contributed by atoms with E-state index in [0.717, 1.165) is 43.1 Å². The summed E-state index contributed by atoms with van der Waals surface area (Å²) in [4.78, 5) is 25.6. The van der Waals surface area contributed by atoms with E-state index in [1.54, 1.807) is 0 Å². The maximum atomic E-state index is 12.5. The van der Waals surface area contributed by atoms with Crippen molar-refractivity contribution in [1.29, 1.82) is 0 Å². The second-order valence-corrected chi connectivity index (χ2v) is 7.42. The summed E-state index contributed by atoms with van der Waals surface area (Å²) in [5.74, 6) is 1.67. The Bertz CT molecular complexity index is 629. The number of fused-ring (bicyclic) bond motifs is 2.